The third kappa shape index (κ3) is 8.74. The van der Waals surface area contributed by atoms with Crippen LogP contribution in [0.4, 0.5) is 4.79 Å². The predicted octanol–water partition coefficient (Wildman–Crippen LogP) is 1.71. The Bertz CT molecular complexity index is 309. The molecule has 17 heavy (non-hydrogen) atoms. The van der Waals surface area contributed by atoms with Crippen molar-refractivity contribution in [3.05, 3.63) is 0 Å². The number of carbonyl (C=O) groups is 3. The molecule has 0 spiro atoms. The van der Waals surface area contributed by atoms with Gasteiger partial charge in [-0.1, -0.05) is 0 Å². The Labute approximate surface area is 107 Å². The molecule has 0 saturated heterocycles. The number of rotatable bonds is 5. The van der Waals surface area contributed by atoms with Crippen LogP contribution in [0.3, 0.4) is 0 Å². The zero-order chi connectivity index (χ0) is 13.6. The van der Waals surface area contributed by atoms with E-state index in [2.05, 4.69) is 17.9 Å². The molecule has 0 radical (unpaired) electrons. The first kappa shape index (κ1) is 16.0. The SMILES string of the molecule is CC(=O)CC[C@H](NC(=O)OC(C)(C)C)C(=O)S. The van der Waals surface area contributed by atoms with Gasteiger partial charge in [-0.05, 0) is 34.1 Å². The molecule has 0 aliphatic carbocycles. The normalized spacial score (nSPS) is 12.8. The largest absolute Gasteiger partial charge is 0.444 e. The molecular weight excluding hydrogens is 242 g/mol. The van der Waals surface area contributed by atoms with E-state index in [1.165, 1.54) is 6.92 Å². The van der Waals surface area contributed by atoms with Crippen molar-refractivity contribution >= 4 is 29.6 Å². The second kappa shape index (κ2) is 6.64. The minimum absolute atomic E-state index is 0.0458. The summed E-state index contributed by atoms with van der Waals surface area (Å²) in [6, 6.07) is -0.794. The van der Waals surface area contributed by atoms with Crippen LogP contribution in [-0.4, -0.2) is 28.6 Å². The van der Waals surface area contributed by atoms with Gasteiger partial charge >= 0.3 is 6.09 Å². The number of amides is 1. The molecule has 0 aromatic heterocycles. The maximum atomic E-state index is 11.4. The summed E-state index contributed by atoms with van der Waals surface area (Å²) in [5.41, 5.74) is -0.630. The van der Waals surface area contributed by atoms with E-state index in [1.807, 2.05) is 0 Å². The summed E-state index contributed by atoms with van der Waals surface area (Å²) in [6.07, 6.45) is -0.239. The Hall–Kier alpha value is -1.04. The van der Waals surface area contributed by atoms with Gasteiger partial charge in [0.05, 0.1) is 0 Å². The monoisotopic (exact) mass is 261 g/mol. The molecular formula is C11H19NO4S. The fraction of sp³-hybridized carbons (Fsp3) is 0.727. The van der Waals surface area contributed by atoms with Gasteiger partial charge in [0.2, 0.25) is 5.12 Å². The van der Waals surface area contributed by atoms with Gasteiger partial charge in [0.25, 0.3) is 0 Å². The van der Waals surface area contributed by atoms with Crippen molar-refractivity contribution < 1.29 is 19.1 Å². The molecule has 0 heterocycles. The van der Waals surface area contributed by atoms with Crippen LogP contribution in [0.5, 0.6) is 0 Å². The number of hydrogen-bond acceptors (Lipinski definition) is 4. The average molecular weight is 261 g/mol. The summed E-state index contributed by atoms with van der Waals surface area (Å²) in [7, 11) is 0. The lowest BCUT2D eigenvalue weighted by atomic mass is 10.1. The van der Waals surface area contributed by atoms with Gasteiger partial charge in [-0.2, -0.15) is 0 Å². The topological polar surface area (TPSA) is 72.5 Å². The molecule has 0 saturated carbocycles. The number of nitrogens with one attached hydrogen (secondary N) is 1. The average Bonchev–Trinajstić information content (AvgIpc) is 2.08. The third-order valence-corrected chi connectivity index (χ3v) is 2.09. The van der Waals surface area contributed by atoms with Crippen LogP contribution < -0.4 is 5.32 Å². The minimum Gasteiger partial charge on any atom is -0.444 e. The third-order valence-electron chi connectivity index (χ3n) is 1.77. The van der Waals surface area contributed by atoms with Crippen molar-refractivity contribution in [1.29, 1.82) is 0 Å². The number of hydrogen-bond donors (Lipinski definition) is 2. The fourth-order valence-corrected chi connectivity index (χ4v) is 1.25. The lowest BCUT2D eigenvalue weighted by molar-refractivity contribution is -0.117. The molecule has 0 aromatic rings. The highest BCUT2D eigenvalue weighted by Gasteiger charge is 2.22. The van der Waals surface area contributed by atoms with E-state index in [0.29, 0.717) is 0 Å². The molecule has 1 N–H and O–H groups in total. The van der Waals surface area contributed by atoms with Crippen LogP contribution in [-0.2, 0) is 14.3 Å². The molecule has 1 amide bonds. The molecule has 0 rings (SSSR count). The van der Waals surface area contributed by atoms with Gasteiger partial charge in [-0.3, -0.25) is 4.79 Å². The van der Waals surface area contributed by atoms with E-state index in [0.717, 1.165) is 0 Å². The van der Waals surface area contributed by atoms with Gasteiger partial charge in [0, 0.05) is 6.42 Å². The van der Waals surface area contributed by atoms with Crippen molar-refractivity contribution in [3.63, 3.8) is 0 Å². The fourth-order valence-electron chi connectivity index (χ4n) is 1.05. The van der Waals surface area contributed by atoms with Crippen LogP contribution >= 0.6 is 12.6 Å². The maximum absolute atomic E-state index is 11.4. The molecule has 0 unspecified atom stereocenters. The van der Waals surface area contributed by atoms with E-state index in [1.54, 1.807) is 20.8 Å². The first-order chi connectivity index (χ1) is 7.61. The van der Waals surface area contributed by atoms with Crippen molar-refractivity contribution in [3.8, 4) is 0 Å². The van der Waals surface area contributed by atoms with Gasteiger partial charge < -0.3 is 14.8 Å². The Kier molecular flexibility index (Phi) is 6.23. The van der Waals surface area contributed by atoms with E-state index >= 15 is 0 Å². The zero-order valence-electron chi connectivity index (χ0n) is 10.6. The highest BCUT2D eigenvalue weighted by atomic mass is 32.1. The molecule has 6 heteroatoms. The maximum Gasteiger partial charge on any atom is 0.408 e. The summed E-state index contributed by atoms with van der Waals surface area (Å²) >= 11 is 3.66. The minimum atomic E-state index is -0.794. The summed E-state index contributed by atoms with van der Waals surface area (Å²) in [5.74, 6) is -0.0458. The van der Waals surface area contributed by atoms with Crippen LogP contribution in [0.1, 0.15) is 40.5 Å². The summed E-state index contributed by atoms with van der Waals surface area (Å²) < 4.78 is 5.00. The predicted molar refractivity (Wildman–Crippen MR) is 67.1 cm³/mol. The van der Waals surface area contributed by atoms with Crippen LogP contribution in [0, 0.1) is 0 Å². The highest BCUT2D eigenvalue weighted by molar-refractivity contribution is 7.96. The second-order valence-electron chi connectivity index (χ2n) is 4.78. The standard InChI is InChI=1S/C11H19NO4S/c1-7(13)5-6-8(9(14)17)12-10(15)16-11(2,3)4/h8H,5-6H2,1-4H3,(H,12,15)(H,14,17)/t8-/m0/s1. The van der Waals surface area contributed by atoms with Crippen molar-refractivity contribution in [2.24, 2.45) is 0 Å². The zero-order valence-corrected chi connectivity index (χ0v) is 11.5. The van der Waals surface area contributed by atoms with E-state index in [9.17, 15) is 14.4 Å². The molecule has 0 aromatic carbocycles. The Balaban J connectivity index is 4.30. The van der Waals surface area contributed by atoms with Gasteiger partial charge in [-0.15, -0.1) is 12.6 Å². The summed E-state index contributed by atoms with van der Waals surface area (Å²) in [6.45, 7) is 6.59. The molecule has 1 atom stereocenters. The molecule has 0 aliphatic rings. The molecule has 0 bridgehead atoms. The quantitative estimate of drug-likeness (QED) is 0.739. The lowest BCUT2D eigenvalue weighted by Crippen LogP contribution is -2.42. The van der Waals surface area contributed by atoms with Crippen molar-refractivity contribution in [2.45, 2.75) is 52.2 Å². The van der Waals surface area contributed by atoms with E-state index in [4.69, 9.17) is 4.74 Å². The number of ketones is 1. The molecule has 0 fully saturated rings. The van der Waals surface area contributed by atoms with Crippen LogP contribution in [0.2, 0.25) is 0 Å². The number of carbonyl (C=O) groups excluding carboxylic acids is 3. The summed E-state index contributed by atoms with van der Waals surface area (Å²) in [4.78, 5) is 33.4. The Morgan fingerprint density at radius 1 is 1.29 bits per heavy atom. The number of alkyl carbamates (subject to hydrolysis) is 1. The van der Waals surface area contributed by atoms with Crippen LogP contribution in [0.15, 0.2) is 0 Å². The molecule has 0 aliphatic heterocycles. The van der Waals surface area contributed by atoms with Gasteiger partial charge in [0.15, 0.2) is 0 Å². The Morgan fingerprint density at radius 3 is 2.18 bits per heavy atom. The number of thiol groups is 1. The smallest absolute Gasteiger partial charge is 0.408 e. The van der Waals surface area contributed by atoms with Crippen molar-refractivity contribution in [2.75, 3.05) is 0 Å². The summed E-state index contributed by atoms with van der Waals surface area (Å²) in [5, 5.41) is 1.90. The van der Waals surface area contributed by atoms with E-state index in [-0.39, 0.29) is 18.6 Å². The Morgan fingerprint density at radius 2 is 1.82 bits per heavy atom. The van der Waals surface area contributed by atoms with E-state index < -0.39 is 22.9 Å². The first-order valence-electron chi connectivity index (χ1n) is 5.33. The van der Waals surface area contributed by atoms with Crippen molar-refractivity contribution in [1.82, 2.24) is 5.32 Å². The second-order valence-corrected chi connectivity index (χ2v) is 5.22. The van der Waals surface area contributed by atoms with Gasteiger partial charge in [0.1, 0.15) is 17.4 Å². The van der Waals surface area contributed by atoms with Gasteiger partial charge in [-0.25, -0.2) is 4.79 Å². The lowest BCUT2D eigenvalue weighted by Gasteiger charge is -2.22. The molecule has 5 nitrogen and oxygen atoms in total. The van der Waals surface area contributed by atoms with Crippen LogP contribution in [0.25, 0.3) is 0 Å². The molecule has 98 valence electrons. The highest BCUT2D eigenvalue weighted by Crippen LogP contribution is 2.08. The first-order valence-corrected chi connectivity index (χ1v) is 5.78. The number of ether oxygens (including phenoxy) is 1. The number of Topliss-reactive ketones (excluding diaryl/α,β-unsaturated/α-hetero) is 1.